The Morgan fingerprint density at radius 1 is 0.846 bits per heavy atom. The normalized spacial score (nSPS) is 9.62. The van der Waals surface area contributed by atoms with Crippen molar-refractivity contribution in [2.75, 3.05) is 21.3 Å². The lowest BCUT2D eigenvalue weighted by molar-refractivity contribution is 0.0591. The van der Waals surface area contributed by atoms with Crippen LogP contribution in [0.2, 0.25) is 0 Å². The van der Waals surface area contributed by atoms with Crippen molar-refractivity contribution in [1.82, 2.24) is 0 Å². The predicted molar refractivity (Wildman–Crippen MR) is 97.5 cm³/mol. The van der Waals surface area contributed by atoms with Crippen LogP contribution in [-0.2, 0) is 16.1 Å². The molecule has 0 bridgehead atoms. The number of aliphatic hydroxyl groups excluding tert-OH is 1. The predicted octanol–water partition coefficient (Wildman–Crippen LogP) is 3.06. The largest absolute Gasteiger partial charge is 0.496 e. The van der Waals surface area contributed by atoms with Crippen molar-refractivity contribution in [2.45, 2.75) is 20.5 Å². The van der Waals surface area contributed by atoms with Gasteiger partial charge in [0.1, 0.15) is 5.75 Å². The van der Waals surface area contributed by atoms with Gasteiger partial charge in [0.05, 0.1) is 39.1 Å². The summed E-state index contributed by atoms with van der Waals surface area (Å²) in [7, 11) is 4.31. The lowest BCUT2D eigenvalue weighted by atomic mass is 10.1. The molecule has 6 nitrogen and oxygen atoms in total. The molecule has 0 radical (unpaired) electrons. The first-order chi connectivity index (χ1) is 12.4. The van der Waals surface area contributed by atoms with E-state index in [4.69, 9.17) is 9.84 Å². The molecule has 0 aromatic heterocycles. The second-order valence-corrected chi connectivity index (χ2v) is 5.47. The Morgan fingerprint density at radius 3 is 1.73 bits per heavy atom. The van der Waals surface area contributed by atoms with E-state index in [1.165, 1.54) is 14.2 Å². The van der Waals surface area contributed by atoms with Crippen LogP contribution in [0.15, 0.2) is 36.4 Å². The Hall–Kier alpha value is -2.86. The molecule has 0 saturated carbocycles. The van der Waals surface area contributed by atoms with E-state index in [0.717, 1.165) is 22.4 Å². The minimum absolute atomic E-state index is 0.00666. The van der Waals surface area contributed by atoms with E-state index < -0.39 is 0 Å². The maximum absolute atomic E-state index is 11.1. The molecule has 0 aliphatic rings. The summed E-state index contributed by atoms with van der Waals surface area (Å²) in [6.07, 6.45) is 0. The Morgan fingerprint density at radius 2 is 1.35 bits per heavy atom. The van der Waals surface area contributed by atoms with Crippen molar-refractivity contribution in [3.05, 3.63) is 64.2 Å². The number of aliphatic hydroxyl groups is 1. The number of rotatable bonds is 4. The molecule has 6 heteroatoms. The van der Waals surface area contributed by atoms with E-state index in [1.807, 2.05) is 13.8 Å². The first kappa shape index (κ1) is 21.2. The molecule has 2 aromatic rings. The molecule has 2 aromatic carbocycles. The Balaban J connectivity index is 0.000000260. The van der Waals surface area contributed by atoms with Gasteiger partial charge in [-0.2, -0.15) is 0 Å². The smallest absolute Gasteiger partial charge is 0.337 e. The molecule has 1 N–H and O–H groups in total. The third kappa shape index (κ3) is 5.60. The molecule has 0 amide bonds. The van der Waals surface area contributed by atoms with E-state index in [1.54, 1.807) is 43.5 Å². The van der Waals surface area contributed by atoms with Crippen molar-refractivity contribution in [3.8, 4) is 5.75 Å². The van der Waals surface area contributed by atoms with Crippen molar-refractivity contribution in [3.63, 3.8) is 0 Å². The molecule has 0 saturated heterocycles. The zero-order chi connectivity index (χ0) is 19.7. The molecule has 0 fully saturated rings. The van der Waals surface area contributed by atoms with Crippen LogP contribution in [0.1, 0.15) is 37.4 Å². The lowest BCUT2D eigenvalue weighted by Crippen LogP contribution is -2.02. The van der Waals surface area contributed by atoms with Gasteiger partial charge in [-0.15, -0.1) is 0 Å². The minimum atomic E-state index is -0.354. The summed E-state index contributed by atoms with van der Waals surface area (Å²) < 4.78 is 14.2. The number of hydrogen-bond acceptors (Lipinski definition) is 6. The number of esters is 2. The first-order valence-corrected chi connectivity index (χ1v) is 7.89. The fourth-order valence-electron chi connectivity index (χ4n) is 2.24. The number of hydrogen-bond donors (Lipinski definition) is 1. The molecule has 0 atom stereocenters. The van der Waals surface area contributed by atoms with E-state index in [2.05, 4.69) is 9.47 Å². The molecule has 0 unspecified atom stereocenters. The van der Waals surface area contributed by atoms with Crippen molar-refractivity contribution >= 4 is 11.9 Å². The van der Waals surface area contributed by atoms with Crippen LogP contribution in [0.4, 0.5) is 0 Å². The van der Waals surface area contributed by atoms with Gasteiger partial charge >= 0.3 is 11.9 Å². The lowest BCUT2D eigenvalue weighted by Gasteiger charge is -2.05. The van der Waals surface area contributed by atoms with Crippen LogP contribution in [0, 0.1) is 13.8 Å². The second kappa shape index (κ2) is 10.2. The summed E-state index contributed by atoms with van der Waals surface area (Å²) in [5.41, 5.74) is 3.70. The number of ether oxygens (including phenoxy) is 3. The van der Waals surface area contributed by atoms with Crippen LogP contribution >= 0.6 is 0 Å². The zero-order valence-electron chi connectivity index (χ0n) is 15.7. The minimum Gasteiger partial charge on any atom is -0.496 e. The highest BCUT2D eigenvalue weighted by Crippen LogP contribution is 2.18. The van der Waals surface area contributed by atoms with Gasteiger partial charge in [0.2, 0.25) is 0 Å². The Bertz CT molecular complexity index is 701. The number of methoxy groups -OCH3 is 3. The van der Waals surface area contributed by atoms with Crippen LogP contribution in [0.25, 0.3) is 0 Å². The summed E-state index contributed by atoms with van der Waals surface area (Å²) in [6, 6.07) is 10.2. The van der Waals surface area contributed by atoms with E-state index in [-0.39, 0.29) is 18.5 Å². The van der Waals surface area contributed by atoms with Crippen molar-refractivity contribution in [2.24, 2.45) is 0 Å². The molecular weight excluding hydrogens is 336 g/mol. The van der Waals surface area contributed by atoms with E-state index in [0.29, 0.717) is 11.1 Å². The molecule has 0 heterocycles. The maximum Gasteiger partial charge on any atom is 0.337 e. The van der Waals surface area contributed by atoms with Gasteiger partial charge in [-0.25, -0.2) is 9.59 Å². The van der Waals surface area contributed by atoms with Gasteiger partial charge in [-0.3, -0.25) is 0 Å². The van der Waals surface area contributed by atoms with Crippen molar-refractivity contribution in [1.29, 1.82) is 0 Å². The molecule has 0 aliphatic carbocycles. The quantitative estimate of drug-likeness (QED) is 0.844. The monoisotopic (exact) mass is 360 g/mol. The average molecular weight is 360 g/mol. The topological polar surface area (TPSA) is 82.1 Å². The third-order valence-electron chi connectivity index (χ3n) is 3.75. The van der Waals surface area contributed by atoms with Crippen LogP contribution < -0.4 is 4.74 Å². The summed E-state index contributed by atoms with van der Waals surface area (Å²) in [5, 5.41) is 8.89. The molecule has 2 rings (SSSR count). The van der Waals surface area contributed by atoms with Crippen molar-refractivity contribution < 1.29 is 28.9 Å². The molecule has 140 valence electrons. The highest BCUT2D eigenvalue weighted by Gasteiger charge is 2.07. The first-order valence-electron chi connectivity index (χ1n) is 7.89. The maximum atomic E-state index is 11.1. The Labute approximate surface area is 153 Å². The van der Waals surface area contributed by atoms with Crippen LogP contribution in [0.3, 0.4) is 0 Å². The van der Waals surface area contributed by atoms with Gasteiger partial charge in [-0.05, 0) is 60.9 Å². The fraction of sp³-hybridized carbons (Fsp3) is 0.300. The summed E-state index contributed by atoms with van der Waals surface area (Å²) in [4.78, 5) is 22.2. The van der Waals surface area contributed by atoms with Gasteiger partial charge < -0.3 is 19.3 Å². The second-order valence-electron chi connectivity index (χ2n) is 5.47. The van der Waals surface area contributed by atoms with Gasteiger partial charge in [-0.1, -0.05) is 6.07 Å². The number of benzene rings is 2. The summed E-state index contributed by atoms with van der Waals surface area (Å²) >= 11 is 0. The molecule has 0 aliphatic heterocycles. The third-order valence-corrected chi connectivity index (χ3v) is 3.75. The van der Waals surface area contributed by atoms with Gasteiger partial charge in [0, 0.05) is 0 Å². The fourth-order valence-corrected chi connectivity index (χ4v) is 2.24. The summed E-state index contributed by atoms with van der Waals surface area (Å²) in [6.45, 7) is 3.72. The van der Waals surface area contributed by atoms with E-state index in [9.17, 15) is 9.59 Å². The number of carbonyl (C=O) groups is 2. The number of aryl methyl sites for hydroxylation is 2. The number of carbonyl (C=O) groups excluding carboxylic acids is 2. The zero-order valence-corrected chi connectivity index (χ0v) is 15.7. The van der Waals surface area contributed by atoms with Crippen LogP contribution in [-0.4, -0.2) is 38.4 Å². The highest BCUT2D eigenvalue weighted by atomic mass is 16.5. The highest BCUT2D eigenvalue weighted by molar-refractivity contribution is 5.90. The summed E-state index contributed by atoms with van der Waals surface area (Å²) in [5.74, 6) is 0.0889. The molecule has 0 spiro atoms. The standard InChI is InChI=1S/2C10H12O3/c1-7-6-8(10(11)13-3)4-5-9(7)12-2;1-7-5-8(10(12)13-2)3-4-9(7)6-11/h4-6H,1-3H3;3-5,11H,6H2,1-2H3. The Kier molecular flexibility index (Phi) is 8.31. The van der Waals surface area contributed by atoms with Gasteiger partial charge in [0.15, 0.2) is 0 Å². The molecule has 26 heavy (non-hydrogen) atoms. The molecular formula is C20H24O6. The SMILES string of the molecule is COC(=O)c1ccc(CO)c(C)c1.COC(=O)c1ccc(OC)c(C)c1. The van der Waals surface area contributed by atoms with E-state index >= 15 is 0 Å². The van der Waals surface area contributed by atoms with Crippen LogP contribution in [0.5, 0.6) is 5.75 Å². The van der Waals surface area contributed by atoms with Gasteiger partial charge in [0.25, 0.3) is 0 Å². The average Bonchev–Trinajstić information content (AvgIpc) is 2.67.